The Labute approximate surface area is 136 Å². The lowest BCUT2D eigenvalue weighted by molar-refractivity contribution is -0.128. The fourth-order valence-electron chi connectivity index (χ4n) is 2.58. The van der Waals surface area contributed by atoms with Gasteiger partial charge in [-0.05, 0) is 14.1 Å². The number of allylic oxidation sites excluding steroid dienone is 2. The smallest absolute Gasteiger partial charge is 0.241 e. The number of hydrogen-bond acceptors (Lipinski definition) is 5. The quantitative estimate of drug-likeness (QED) is 0.825. The Morgan fingerprint density at radius 2 is 1.35 bits per heavy atom. The van der Waals surface area contributed by atoms with E-state index in [1.54, 1.807) is 62.3 Å². The number of fused-ring (bicyclic) bond motifs is 1. The minimum atomic E-state index is -0.307. The first-order chi connectivity index (χ1) is 10.8. The van der Waals surface area contributed by atoms with Crippen molar-refractivity contribution in [3.05, 3.63) is 46.8 Å². The largest absolute Gasteiger partial charge is 0.373 e. The summed E-state index contributed by atoms with van der Waals surface area (Å²) >= 11 is 0. The number of rotatable bonds is 4. The molecule has 0 fully saturated rings. The zero-order valence-corrected chi connectivity index (χ0v) is 14.1. The maximum atomic E-state index is 12.9. The molecule has 1 aromatic carbocycles. The molecular weight excluding hydrogens is 294 g/mol. The van der Waals surface area contributed by atoms with Crippen LogP contribution in [0.15, 0.2) is 35.7 Å². The predicted molar refractivity (Wildman–Crippen MR) is 87.1 cm³/mol. The van der Waals surface area contributed by atoms with Crippen LogP contribution in [0.3, 0.4) is 0 Å². The molecule has 6 heteroatoms. The average Bonchev–Trinajstić information content (AvgIpc) is 2.48. The summed E-state index contributed by atoms with van der Waals surface area (Å²) in [7, 11) is 8.47. The average molecular weight is 315 g/mol. The van der Waals surface area contributed by atoms with E-state index < -0.39 is 0 Å². The molecule has 0 unspecified atom stereocenters. The van der Waals surface area contributed by atoms with E-state index in [1.807, 2.05) is 0 Å². The normalized spacial score (nSPS) is 14.2. The molecule has 0 saturated heterocycles. The van der Waals surface area contributed by atoms with Crippen LogP contribution in [0.25, 0.3) is 0 Å². The molecule has 1 aromatic rings. The van der Waals surface area contributed by atoms with Gasteiger partial charge in [0.05, 0.1) is 6.54 Å². The van der Waals surface area contributed by atoms with E-state index in [-0.39, 0.29) is 35.4 Å². The zero-order valence-electron chi connectivity index (χ0n) is 14.1. The minimum absolute atomic E-state index is 0.130. The van der Waals surface area contributed by atoms with Gasteiger partial charge in [-0.1, -0.05) is 24.3 Å². The fraction of sp³-hybridized carbons (Fsp3) is 0.353. The van der Waals surface area contributed by atoms with E-state index in [0.717, 1.165) is 0 Å². The number of hydrogen-bond donors (Lipinski definition) is 0. The van der Waals surface area contributed by atoms with Crippen LogP contribution in [-0.4, -0.2) is 74.0 Å². The van der Waals surface area contributed by atoms with Crippen LogP contribution in [0.2, 0.25) is 0 Å². The Bertz CT molecular complexity index is 705. The number of likely N-dealkylation sites (N-methyl/N-ethyl adjacent to an activating group) is 3. The summed E-state index contributed by atoms with van der Waals surface area (Å²) in [5.74, 6) is -0.798. The van der Waals surface area contributed by atoms with Crippen LogP contribution in [0.4, 0.5) is 0 Å². The topological polar surface area (TPSA) is 60.9 Å². The molecule has 0 saturated carbocycles. The van der Waals surface area contributed by atoms with E-state index in [9.17, 15) is 14.4 Å². The summed E-state index contributed by atoms with van der Waals surface area (Å²) in [6.07, 6.45) is 0. The van der Waals surface area contributed by atoms with Crippen molar-refractivity contribution in [1.29, 1.82) is 0 Å². The number of ketones is 2. The fourth-order valence-corrected chi connectivity index (χ4v) is 2.58. The summed E-state index contributed by atoms with van der Waals surface area (Å²) in [5.41, 5.74) is 1.08. The van der Waals surface area contributed by atoms with E-state index in [1.165, 1.54) is 11.9 Å². The van der Waals surface area contributed by atoms with E-state index in [2.05, 4.69) is 0 Å². The van der Waals surface area contributed by atoms with Gasteiger partial charge in [-0.2, -0.15) is 0 Å². The van der Waals surface area contributed by atoms with Crippen molar-refractivity contribution in [2.24, 2.45) is 0 Å². The van der Waals surface area contributed by atoms with Crippen LogP contribution >= 0.6 is 0 Å². The molecular formula is C17H21N3O3. The van der Waals surface area contributed by atoms with Crippen molar-refractivity contribution in [3.63, 3.8) is 0 Å². The molecule has 0 N–H and O–H groups in total. The monoisotopic (exact) mass is 315 g/mol. The van der Waals surface area contributed by atoms with Gasteiger partial charge in [-0.3, -0.25) is 14.4 Å². The predicted octanol–water partition coefficient (Wildman–Crippen LogP) is 0.859. The van der Waals surface area contributed by atoms with Crippen molar-refractivity contribution in [3.8, 4) is 0 Å². The second kappa shape index (κ2) is 6.34. The van der Waals surface area contributed by atoms with Crippen molar-refractivity contribution >= 4 is 17.5 Å². The molecule has 0 atom stereocenters. The molecule has 2 rings (SSSR count). The lowest BCUT2D eigenvalue weighted by atomic mass is 9.89. The Balaban J connectivity index is 2.57. The molecule has 0 spiro atoms. The highest BCUT2D eigenvalue weighted by Crippen LogP contribution is 2.28. The molecule has 0 bridgehead atoms. The molecule has 0 radical (unpaired) electrons. The van der Waals surface area contributed by atoms with Gasteiger partial charge < -0.3 is 14.7 Å². The number of carbonyl (C=O) groups excluding carboxylic acids is 3. The summed E-state index contributed by atoms with van der Waals surface area (Å²) in [5, 5.41) is 0. The van der Waals surface area contributed by atoms with Gasteiger partial charge in [0, 0.05) is 32.3 Å². The number of benzene rings is 1. The molecule has 23 heavy (non-hydrogen) atoms. The SMILES string of the molecule is CN(C)CC(=O)N(C)C1=C(N(C)C)C(=O)c2ccccc2C1=O. The highest BCUT2D eigenvalue weighted by molar-refractivity contribution is 6.27. The number of amides is 1. The third-order valence-electron chi connectivity index (χ3n) is 3.68. The molecule has 1 aliphatic rings. The maximum absolute atomic E-state index is 12.9. The Hall–Kier alpha value is -2.47. The van der Waals surface area contributed by atoms with Crippen molar-refractivity contribution < 1.29 is 14.4 Å². The van der Waals surface area contributed by atoms with E-state index >= 15 is 0 Å². The molecule has 122 valence electrons. The highest BCUT2D eigenvalue weighted by Gasteiger charge is 2.36. The van der Waals surface area contributed by atoms with E-state index in [4.69, 9.17) is 0 Å². The summed E-state index contributed by atoms with van der Waals surface area (Å²) in [6, 6.07) is 6.69. The Morgan fingerprint density at radius 1 is 0.870 bits per heavy atom. The first-order valence-corrected chi connectivity index (χ1v) is 7.27. The van der Waals surface area contributed by atoms with Gasteiger partial charge >= 0.3 is 0 Å². The van der Waals surface area contributed by atoms with Gasteiger partial charge in [-0.25, -0.2) is 0 Å². The van der Waals surface area contributed by atoms with Crippen molar-refractivity contribution in [1.82, 2.24) is 14.7 Å². The molecule has 1 aliphatic carbocycles. The maximum Gasteiger partial charge on any atom is 0.241 e. The Kier molecular flexibility index (Phi) is 4.65. The number of carbonyl (C=O) groups is 3. The summed E-state index contributed by atoms with van der Waals surface area (Å²) < 4.78 is 0. The highest BCUT2D eigenvalue weighted by atomic mass is 16.2. The van der Waals surface area contributed by atoms with Crippen molar-refractivity contribution in [2.45, 2.75) is 0 Å². The van der Waals surface area contributed by atoms with Crippen LogP contribution in [0.1, 0.15) is 20.7 Å². The van der Waals surface area contributed by atoms with Gasteiger partial charge in [0.1, 0.15) is 11.4 Å². The number of nitrogens with zero attached hydrogens (tertiary/aromatic N) is 3. The minimum Gasteiger partial charge on any atom is -0.373 e. The van der Waals surface area contributed by atoms with Crippen LogP contribution < -0.4 is 0 Å². The van der Waals surface area contributed by atoms with Crippen LogP contribution in [0, 0.1) is 0 Å². The van der Waals surface area contributed by atoms with Crippen LogP contribution in [0.5, 0.6) is 0 Å². The zero-order chi connectivity index (χ0) is 17.3. The lowest BCUT2D eigenvalue weighted by Crippen LogP contribution is -2.42. The third-order valence-corrected chi connectivity index (χ3v) is 3.68. The summed E-state index contributed by atoms with van der Waals surface area (Å²) in [4.78, 5) is 42.6. The standard InChI is InChI=1S/C17H21N3O3/c1-18(2)10-13(21)20(5)15-14(19(3)4)16(22)11-8-6-7-9-12(11)17(15)23/h6-9H,10H2,1-5H3. The molecule has 0 aliphatic heterocycles. The summed E-state index contributed by atoms with van der Waals surface area (Å²) in [6.45, 7) is 0.157. The molecule has 1 amide bonds. The third kappa shape index (κ3) is 3.03. The first kappa shape index (κ1) is 16.9. The van der Waals surface area contributed by atoms with Gasteiger partial charge in [0.15, 0.2) is 0 Å². The first-order valence-electron chi connectivity index (χ1n) is 7.27. The number of Topliss-reactive ketones (excluding diaryl/α,β-unsaturated/α-hetero) is 2. The lowest BCUT2D eigenvalue weighted by Gasteiger charge is -2.30. The van der Waals surface area contributed by atoms with Crippen LogP contribution in [-0.2, 0) is 4.79 Å². The van der Waals surface area contributed by atoms with Gasteiger partial charge in [-0.15, -0.1) is 0 Å². The molecule has 6 nitrogen and oxygen atoms in total. The second-order valence-electron chi connectivity index (χ2n) is 5.99. The van der Waals surface area contributed by atoms with E-state index in [0.29, 0.717) is 11.1 Å². The molecule has 0 aromatic heterocycles. The van der Waals surface area contributed by atoms with Gasteiger partial charge in [0.2, 0.25) is 17.5 Å². The molecule has 0 heterocycles. The van der Waals surface area contributed by atoms with Crippen molar-refractivity contribution in [2.75, 3.05) is 41.8 Å². The Morgan fingerprint density at radius 3 is 1.78 bits per heavy atom. The van der Waals surface area contributed by atoms with Gasteiger partial charge in [0.25, 0.3) is 0 Å². The second-order valence-corrected chi connectivity index (χ2v) is 5.99.